The quantitative estimate of drug-likeness (QED) is 0.436. The summed E-state index contributed by atoms with van der Waals surface area (Å²) in [5.41, 5.74) is -2.05. The number of carboxylic acid groups (broad SMARTS) is 1. The van der Waals surface area contributed by atoms with Crippen LogP contribution in [0.4, 0.5) is 0 Å². The number of H-pyrrole nitrogens is 2. The number of carbonyl (C=O) groups excluding carboxylic acids is 1. The normalized spacial score (nSPS) is 14.0. The lowest BCUT2D eigenvalue weighted by Crippen LogP contribution is -2.42. The number of aliphatic hydroxyl groups is 1. The summed E-state index contributed by atoms with van der Waals surface area (Å²) < 4.78 is 0. The highest BCUT2D eigenvalue weighted by atomic mass is 16.4. The smallest absolute Gasteiger partial charge is 0.323 e. The molecule has 0 fully saturated rings. The number of amides is 1. The van der Waals surface area contributed by atoms with E-state index in [-0.39, 0.29) is 12.2 Å². The Kier molecular flexibility index (Phi) is 3.69. The van der Waals surface area contributed by atoms with Crippen LogP contribution in [0, 0.1) is 0 Å². The Morgan fingerprint density at radius 2 is 2.18 bits per heavy atom. The first-order chi connectivity index (χ1) is 7.80. The maximum Gasteiger partial charge on any atom is 0.323 e. The maximum atomic E-state index is 11.4. The Morgan fingerprint density at radius 1 is 1.53 bits per heavy atom. The largest absolute Gasteiger partial charge is 0.481 e. The van der Waals surface area contributed by atoms with Crippen molar-refractivity contribution in [2.75, 3.05) is 6.54 Å². The number of aromatic nitrogens is 2. The first kappa shape index (κ1) is 13.0. The van der Waals surface area contributed by atoms with E-state index >= 15 is 0 Å². The van der Waals surface area contributed by atoms with Crippen molar-refractivity contribution < 1.29 is 19.8 Å². The highest BCUT2D eigenvalue weighted by Gasteiger charge is 2.25. The molecule has 1 aromatic heterocycles. The summed E-state index contributed by atoms with van der Waals surface area (Å²) in [6.45, 7) is 1.06. The van der Waals surface area contributed by atoms with Gasteiger partial charge in [-0.15, -0.1) is 0 Å². The first-order valence-electron chi connectivity index (χ1n) is 4.80. The zero-order valence-corrected chi connectivity index (χ0v) is 9.11. The van der Waals surface area contributed by atoms with Crippen molar-refractivity contribution in [1.29, 1.82) is 0 Å². The van der Waals surface area contributed by atoms with Gasteiger partial charge in [-0.3, -0.25) is 9.59 Å². The summed E-state index contributed by atoms with van der Waals surface area (Å²) in [6, 6.07) is 0. The van der Waals surface area contributed by atoms with Crippen LogP contribution >= 0.6 is 0 Å². The monoisotopic (exact) mass is 243 g/mol. The molecule has 1 amide bonds. The average Bonchev–Trinajstić information content (AvgIpc) is 2.59. The second-order valence-electron chi connectivity index (χ2n) is 3.91. The standard InChI is InChI=1S/C9H13N3O5/c1-9(17,2-6(13)14)4-11-7(15)5-3-10-8(16)12-5/h3,17H,2,4H2,1H3,(H,11,15)(H,13,14)(H2,10,12,16). The summed E-state index contributed by atoms with van der Waals surface area (Å²) in [5.74, 6) is -1.77. The van der Waals surface area contributed by atoms with Gasteiger partial charge in [0.1, 0.15) is 5.69 Å². The van der Waals surface area contributed by atoms with Gasteiger partial charge in [0.15, 0.2) is 0 Å². The molecule has 94 valence electrons. The highest BCUT2D eigenvalue weighted by Crippen LogP contribution is 2.07. The second-order valence-corrected chi connectivity index (χ2v) is 3.91. The minimum absolute atomic E-state index is 0.0149. The Bertz CT molecular complexity index is 473. The van der Waals surface area contributed by atoms with E-state index in [1.807, 2.05) is 0 Å². The Labute approximate surface area is 95.7 Å². The van der Waals surface area contributed by atoms with Crippen LogP contribution in [0.15, 0.2) is 11.0 Å². The van der Waals surface area contributed by atoms with Gasteiger partial charge in [0.2, 0.25) is 0 Å². The van der Waals surface area contributed by atoms with E-state index in [0.29, 0.717) is 0 Å². The average molecular weight is 243 g/mol. The van der Waals surface area contributed by atoms with E-state index in [9.17, 15) is 19.5 Å². The molecule has 0 aromatic carbocycles. The van der Waals surface area contributed by atoms with Crippen LogP contribution in [0.5, 0.6) is 0 Å². The fraction of sp³-hybridized carbons (Fsp3) is 0.444. The first-order valence-corrected chi connectivity index (χ1v) is 4.80. The predicted octanol–water partition coefficient (Wildman–Crippen LogP) is -1.34. The molecule has 1 heterocycles. The molecule has 0 aliphatic rings. The molecule has 0 spiro atoms. The fourth-order valence-corrected chi connectivity index (χ4v) is 1.21. The lowest BCUT2D eigenvalue weighted by molar-refractivity contribution is -0.141. The molecule has 8 heteroatoms. The molecule has 0 radical (unpaired) electrons. The molecule has 1 unspecified atom stereocenters. The van der Waals surface area contributed by atoms with Gasteiger partial charge in [-0.25, -0.2) is 4.79 Å². The fourth-order valence-electron chi connectivity index (χ4n) is 1.21. The van der Waals surface area contributed by atoms with E-state index in [1.54, 1.807) is 0 Å². The predicted molar refractivity (Wildman–Crippen MR) is 56.6 cm³/mol. The SMILES string of the molecule is CC(O)(CNC(=O)c1c[nH]c(=O)[nH]1)CC(=O)O. The molecule has 0 aliphatic heterocycles. The van der Waals surface area contributed by atoms with Crippen LogP contribution in [0.3, 0.4) is 0 Å². The second kappa shape index (κ2) is 4.83. The van der Waals surface area contributed by atoms with Crippen molar-refractivity contribution in [3.63, 3.8) is 0 Å². The van der Waals surface area contributed by atoms with Crippen LogP contribution in [0.25, 0.3) is 0 Å². The van der Waals surface area contributed by atoms with Gasteiger partial charge in [-0.2, -0.15) is 0 Å². The molecule has 0 bridgehead atoms. The minimum atomic E-state index is -1.54. The Hall–Kier alpha value is -2.09. The molecule has 8 nitrogen and oxygen atoms in total. The molecule has 1 rings (SSSR count). The zero-order valence-electron chi connectivity index (χ0n) is 9.11. The number of hydrogen-bond donors (Lipinski definition) is 5. The van der Waals surface area contributed by atoms with E-state index in [4.69, 9.17) is 5.11 Å². The van der Waals surface area contributed by atoms with Crippen LogP contribution in [0.2, 0.25) is 0 Å². The molecule has 0 saturated heterocycles. The van der Waals surface area contributed by atoms with Gasteiger partial charge < -0.3 is 25.5 Å². The lowest BCUT2D eigenvalue weighted by atomic mass is 10.0. The number of nitrogens with one attached hydrogen (secondary N) is 3. The van der Waals surface area contributed by atoms with Crippen LogP contribution in [0.1, 0.15) is 23.8 Å². The highest BCUT2D eigenvalue weighted by molar-refractivity contribution is 5.92. The summed E-state index contributed by atoms with van der Waals surface area (Å²) in [4.78, 5) is 37.0. The van der Waals surface area contributed by atoms with Gasteiger partial charge >= 0.3 is 11.7 Å². The van der Waals surface area contributed by atoms with Crippen molar-refractivity contribution in [3.05, 3.63) is 22.4 Å². The number of aromatic amines is 2. The molecule has 1 atom stereocenters. The number of rotatable bonds is 5. The number of hydrogen-bond acceptors (Lipinski definition) is 4. The van der Waals surface area contributed by atoms with Crippen molar-refractivity contribution in [2.45, 2.75) is 18.9 Å². The third kappa shape index (κ3) is 4.11. The summed E-state index contributed by atoms with van der Waals surface area (Å²) >= 11 is 0. The van der Waals surface area contributed by atoms with E-state index in [1.165, 1.54) is 13.1 Å². The lowest BCUT2D eigenvalue weighted by Gasteiger charge is -2.21. The number of carboxylic acids is 1. The van der Waals surface area contributed by atoms with Crippen molar-refractivity contribution in [3.8, 4) is 0 Å². The molecule has 0 saturated carbocycles. The third-order valence-electron chi connectivity index (χ3n) is 2.00. The Balaban J connectivity index is 2.53. The maximum absolute atomic E-state index is 11.4. The number of carbonyl (C=O) groups is 2. The third-order valence-corrected chi connectivity index (χ3v) is 2.00. The van der Waals surface area contributed by atoms with Gasteiger partial charge in [0.25, 0.3) is 5.91 Å². The van der Waals surface area contributed by atoms with E-state index in [0.717, 1.165) is 0 Å². The topological polar surface area (TPSA) is 135 Å². The van der Waals surface area contributed by atoms with E-state index < -0.39 is 29.6 Å². The molecule has 0 aliphatic carbocycles. The number of imidazole rings is 1. The molecule has 5 N–H and O–H groups in total. The minimum Gasteiger partial charge on any atom is -0.481 e. The van der Waals surface area contributed by atoms with E-state index in [2.05, 4.69) is 15.3 Å². The van der Waals surface area contributed by atoms with Crippen LogP contribution in [-0.2, 0) is 4.79 Å². The molecule has 1 aromatic rings. The molecular formula is C9H13N3O5. The molecule has 17 heavy (non-hydrogen) atoms. The van der Waals surface area contributed by atoms with Gasteiger partial charge in [0, 0.05) is 12.7 Å². The van der Waals surface area contributed by atoms with Crippen molar-refractivity contribution >= 4 is 11.9 Å². The van der Waals surface area contributed by atoms with Crippen LogP contribution < -0.4 is 11.0 Å². The van der Waals surface area contributed by atoms with Gasteiger partial charge in [0.05, 0.1) is 12.0 Å². The number of aliphatic carboxylic acids is 1. The summed E-state index contributed by atoms with van der Waals surface area (Å²) in [5, 5.41) is 20.4. The van der Waals surface area contributed by atoms with Crippen molar-refractivity contribution in [1.82, 2.24) is 15.3 Å². The van der Waals surface area contributed by atoms with Gasteiger partial charge in [-0.05, 0) is 6.92 Å². The Morgan fingerprint density at radius 3 is 2.65 bits per heavy atom. The van der Waals surface area contributed by atoms with Crippen molar-refractivity contribution in [2.24, 2.45) is 0 Å². The van der Waals surface area contributed by atoms with Crippen LogP contribution in [-0.4, -0.2) is 44.2 Å². The summed E-state index contributed by atoms with van der Waals surface area (Å²) in [7, 11) is 0. The van der Waals surface area contributed by atoms with Gasteiger partial charge in [-0.1, -0.05) is 0 Å². The summed E-state index contributed by atoms with van der Waals surface area (Å²) in [6.07, 6.45) is 0.695. The zero-order chi connectivity index (χ0) is 13.1. The molecular weight excluding hydrogens is 230 g/mol.